The van der Waals surface area contributed by atoms with E-state index in [-0.39, 0.29) is 29.7 Å². The minimum Gasteiger partial charge on any atom is -0.324 e. The van der Waals surface area contributed by atoms with E-state index in [4.69, 9.17) is 0 Å². The average Bonchev–Trinajstić information content (AvgIpc) is 2.92. The fourth-order valence-corrected chi connectivity index (χ4v) is 4.64. The van der Waals surface area contributed by atoms with Crippen molar-refractivity contribution in [2.45, 2.75) is 69.9 Å². The molecule has 1 atom stereocenters. The molecule has 5 heteroatoms. The van der Waals surface area contributed by atoms with E-state index in [1.54, 1.807) is 11.0 Å². The maximum Gasteiger partial charge on any atom is 0.255 e. The van der Waals surface area contributed by atoms with Crippen molar-refractivity contribution in [3.05, 3.63) is 34.6 Å². The monoisotopic (exact) mass is 343 g/mol. The lowest BCUT2D eigenvalue weighted by Gasteiger charge is -2.29. The Morgan fingerprint density at radius 2 is 1.76 bits per heavy atom. The van der Waals surface area contributed by atoms with Crippen molar-refractivity contribution in [1.29, 1.82) is 0 Å². The van der Waals surface area contributed by atoms with Crippen LogP contribution in [0.25, 0.3) is 0 Å². The van der Waals surface area contributed by atoms with E-state index < -0.39 is 6.04 Å². The molecule has 1 aliphatic heterocycles. The number of nitrogens with zero attached hydrogens (tertiary/aromatic N) is 1. The first-order chi connectivity index (χ1) is 12.0. The van der Waals surface area contributed by atoms with Crippen LogP contribution in [0.2, 0.25) is 0 Å². The molecule has 2 aliphatic carbocycles. The summed E-state index contributed by atoms with van der Waals surface area (Å²) in [7, 11) is 0. The molecule has 0 saturated heterocycles. The van der Waals surface area contributed by atoms with Gasteiger partial charge in [-0.25, -0.2) is 4.39 Å². The van der Waals surface area contributed by atoms with Gasteiger partial charge in [0.15, 0.2) is 5.78 Å². The maximum atomic E-state index is 14.2. The number of carbonyl (C=O) groups is 3. The average molecular weight is 343 g/mol. The van der Waals surface area contributed by atoms with Crippen molar-refractivity contribution in [1.82, 2.24) is 4.90 Å². The van der Waals surface area contributed by atoms with Crippen LogP contribution >= 0.6 is 0 Å². The van der Waals surface area contributed by atoms with E-state index in [0.717, 1.165) is 36.8 Å². The Morgan fingerprint density at radius 3 is 2.48 bits per heavy atom. The van der Waals surface area contributed by atoms with E-state index in [9.17, 15) is 18.8 Å². The van der Waals surface area contributed by atoms with Crippen molar-refractivity contribution in [3.63, 3.8) is 0 Å². The summed E-state index contributed by atoms with van der Waals surface area (Å²) >= 11 is 0. The molecule has 1 amide bonds. The second-order valence-corrected chi connectivity index (χ2v) is 7.53. The van der Waals surface area contributed by atoms with Gasteiger partial charge >= 0.3 is 0 Å². The third-order valence-electron chi connectivity index (χ3n) is 5.93. The highest BCUT2D eigenvalue weighted by molar-refractivity contribution is 6.07. The molecule has 1 heterocycles. The van der Waals surface area contributed by atoms with Crippen LogP contribution in [-0.2, 0) is 16.1 Å². The highest BCUT2D eigenvalue weighted by Crippen LogP contribution is 2.39. The number of rotatable bonds is 2. The fraction of sp³-hybridized carbons (Fsp3) is 0.550. The van der Waals surface area contributed by atoms with Gasteiger partial charge in [-0.1, -0.05) is 19.3 Å². The molecule has 4 nitrogen and oxygen atoms in total. The summed E-state index contributed by atoms with van der Waals surface area (Å²) in [6, 6.07) is 2.35. The van der Waals surface area contributed by atoms with Crippen LogP contribution in [0, 0.1) is 5.82 Å². The molecular formula is C20H22FNO3. The molecule has 0 aromatic heterocycles. The standard InChI is InChI=1S/C20H22FNO3/c21-13-8-15(12-4-2-1-3-5-12)17-11-22(20(25)16(17)9-13)18-7-6-14(23)10-19(18)24/h8-9,12,18H,1-7,10-11H2. The smallest absolute Gasteiger partial charge is 0.255 e. The summed E-state index contributed by atoms with van der Waals surface area (Å²) in [6.07, 6.45) is 6.17. The zero-order chi connectivity index (χ0) is 17.6. The van der Waals surface area contributed by atoms with Crippen LogP contribution in [-0.4, -0.2) is 28.4 Å². The van der Waals surface area contributed by atoms with Crippen molar-refractivity contribution in [2.75, 3.05) is 0 Å². The van der Waals surface area contributed by atoms with Crippen LogP contribution in [0.3, 0.4) is 0 Å². The highest BCUT2D eigenvalue weighted by Gasteiger charge is 2.40. The number of fused-ring (bicyclic) bond motifs is 1. The summed E-state index contributed by atoms with van der Waals surface area (Å²) in [5, 5.41) is 0. The highest BCUT2D eigenvalue weighted by atomic mass is 19.1. The molecule has 0 N–H and O–H groups in total. The van der Waals surface area contributed by atoms with Crippen LogP contribution in [0.1, 0.15) is 78.8 Å². The quantitative estimate of drug-likeness (QED) is 0.772. The lowest BCUT2D eigenvalue weighted by atomic mass is 9.81. The summed E-state index contributed by atoms with van der Waals surface area (Å²) in [6.45, 7) is 0.366. The summed E-state index contributed by atoms with van der Waals surface area (Å²) in [5.74, 6) is -0.579. The van der Waals surface area contributed by atoms with E-state index in [0.29, 0.717) is 30.9 Å². The fourth-order valence-electron chi connectivity index (χ4n) is 4.64. The van der Waals surface area contributed by atoms with Gasteiger partial charge in [-0.15, -0.1) is 0 Å². The first-order valence-electron chi connectivity index (χ1n) is 9.22. The molecule has 4 rings (SSSR count). The summed E-state index contributed by atoms with van der Waals surface area (Å²) in [4.78, 5) is 38.1. The molecule has 0 radical (unpaired) electrons. The molecule has 1 unspecified atom stereocenters. The van der Waals surface area contributed by atoms with Crippen molar-refractivity contribution < 1.29 is 18.8 Å². The molecule has 2 saturated carbocycles. The topological polar surface area (TPSA) is 54.5 Å². The predicted octanol–water partition coefficient (Wildman–Crippen LogP) is 3.52. The normalized spacial score (nSPS) is 24.8. The SMILES string of the molecule is O=C1CCC(N2Cc3c(cc(F)cc3C3CCCCC3)C2=O)C(=O)C1. The van der Waals surface area contributed by atoms with Crippen LogP contribution in [0.4, 0.5) is 4.39 Å². The first-order valence-corrected chi connectivity index (χ1v) is 9.22. The Morgan fingerprint density at radius 1 is 1.00 bits per heavy atom. The minimum atomic E-state index is -0.542. The van der Waals surface area contributed by atoms with E-state index in [2.05, 4.69) is 0 Å². The van der Waals surface area contributed by atoms with Gasteiger partial charge in [-0.2, -0.15) is 0 Å². The van der Waals surface area contributed by atoms with Gasteiger partial charge in [-0.05, 0) is 48.4 Å². The Hall–Kier alpha value is -2.04. The van der Waals surface area contributed by atoms with Gasteiger partial charge in [0.05, 0.1) is 12.5 Å². The molecule has 3 aliphatic rings. The Labute approximate surface area is 146 Å². The molecule has 0 spiro atoms. The number of amides is 1. The third kappa shape index (κ3) is 2.90. The van der Waals surface area contributed by atoms with E-state index in [1.807, 2.05) is 0 Å². The number of Topliss-reactive ketones (excluding diaryl/α,β-unsaturated/α-hetero) is 2. The zero-order valence-electron chi connectivity index (χ0n) is 14.2. The molecular weight excluding hydrogens is 321 g/mol. The lowest BCUT2D eigenvalue weighted by Crippen LogP contribution is -2.44. The largest absolute Gasteiger partial charge is 0.324 e. The number of carbonyl (C=O) groups excluding carboxylic acids is 3. The maximum absolute atomic E-state index is 14.2. The van der Waals surface area contributed by atoms with E-state index in [1.165, 1.54) is 12.5 Å². The molecule has 132 valence electrons. The van der Waals surface area contributed by atoms with Gasteiger partial charge in [0.2, 0.25) is 0 Å². The van der Waals surface area contributed by atoms with Crippen molar-refractivity contribution >= 4 is 17.5 Å². The van der Waals surface area contributed by atoms with Gasteiger partial charge in [-0.3, -0.25) is 14.4 Å². The minimum absolute atomic E-state index is 0.0562. The third-order valence-corrected chi connectivity index (χ3v) is 5.93. The van der Waals surface area contributed by atoms with Crippen LogP contribution < -0.4 is 0 Å². The number of ketones is 2. The Kier molecular flexibility index (Phi) is 4.18. The number of halogens is 1. The number of hydrogen-bond acceptors (Lipinski definition) is 3. The summed E-state index contributed by atoms with van der Waals surface area (Å²) < 4.78 is 14.2. The Balaban J connectivity index is 1.66. The van der Waals surface area contributed by atoms with Crippen LogP contribution in [0.15, 0.2) is 12.1 Å². The summed E-state index contributed by atoms with van der Waals surface area (Å²) in [5.41, 5.74) is 2.25. The molecule has 2 fully saturated rings. The van der Waals surface area contributed by atoms with Gasteiger partial charge in [0.25, 0.3) is 5.91 Å². The van der Waals surface area contributed by atoms with Crippen LogP contribution in [0.5, 0.6) is 0 Å². The zero-order valence-corrected chi connectivity index (χ0v) is 14.2. The molecule has 0 bridgehead atoms. The molecule has 25 heavy (non-hydrogen) atoms. The second-order valence-electron chi connectivity index (χ2n) is 7.53. The number of benzene rings is 1. The number of hydrogen-bond donors (Lipinski definition) is 0. The van der Waals surface area contributed by atoms with Crippen molar-refractivity contribution in [3.8, 4) is 0 Å². The molecule has 1 aromatic rings. The Bertz CT molecular complexity index is 752. The first kappa shape index (κ1) is 16.4. The predicted molar refractivity (Wildman–Crippen MR) is 89.8 cm³/mol. The molecule has 1 aromatic carbocycles. The van der Waals surface area contributed by atoms with E-state index >= 15 is 0 Å². The van der Waals surface area contributed by atoms with Gasteiger partial charge < -0.3 is 4.90 Å². The van der Waals surface area contributed by atoms with Gasteiger partial charge in [0.1, 0.15) is 11.6 Å². The van der Waals surface area contributed by atoms with Gasteiger partial charge in [0, 0.05) is 18.5 Å². The van der Waals surface area contributed by atoms with Crippen molar-refractivity contribution in [2.24, 2.45) is 0 Å². The second kappa shape index (κ2) is 6.36. The lowest BCUT2D eigenvalue weighted by molar-refractivity contribution is -0.133.